The monoisotopic (exact) mass is 233 g/mol. The van der Waals surface area contributed by atoms with Gasteiger partial charge >= 0.3 is 0 Å². The summed E-state index contributed by atoms with van der Waals surface area (Å²) in [6, 6.07) is 5.87. The Labute approximate surface area is 94.5 Å². The lowest BCUT2D eigenvalue weighted by molar-refractivity contribution is 0.602. The molecule has 2 heterocycles. The van der Waals surface area contributed by atoms with Gasteiger partial charge in [-0.05, 0) is 22.9 Å². The second-order valence-corrected chi connectivity index (χ2v) is 3.91. The van der Waals surface area contributed by atoms with Crippen molar-refractivity contribution in [2.45, 2.75) is 6.54 Å². The number of hydrogen-bond acceptors (Lipinski definition) is 7. The smallest absolute Gasteiger partial charge is 0.225 e. The van der Waals surface area contributed by atoms with Gasteiger partial charge in [0.25, 0.3) is 0 Å². The summed E-state index contributed by atoms with van der Waals surface area (Å²) in [5.74, 6) is 0. The van der Waals surface area contributed by atoms with Gasteiger partial charge in [0, 0.05) is 18.1 Å². The van der Waals surface area contributed by atoms with Gasteiger partial charge in [-0.15, -0.1) is 0 Å². The molecule has 0 saturated carbocycles. The van der Waals surface area contributed by atoms with E-state index >= 15 is 0 Å². The summed E-state index contributed by atoms with van der Waals surface area (Å²) >= 11 is 1.23. The Bertz CT molecular complexity index is 591. The molecule has 0 unspecified atom stereocenters. The molecule has 0 atom stereocenters. The first-order chi connectivity index (χ1) is 7.92. The van der Waals surface area contributed by atoms with Crippen LogP contribution in [-0.4, -0.2) is 19.8 Å². The molecule has 0 fully saturated rings. The van der Waals surface area contributed by atoms with Crippen LogP contribution in [0.4, 0.5) is 5.13 Å². The first-order valence-electron chi connectivity index (χ1n) is 4.63. The number of benzene rings is 1. The lowest BCUT2D eigenvalue weighted by Gasteiger charge is -2.00. The maximum atomic E-state index is 5.22. The normalized spacial score (nSPS) is 10.8. The van der Waals surface area contributed by atoms with Crippen LogP contribution in [0.25, 0.3) is 11.1 Å². The predicted molar refractivity (Wildman–Crippen MR) is 59.0 cm³/mol. The highest BCUT2D eigenvalue weighted by atomic mass is 32.1. The summed E-state index contributed by atoms with van der Waals surface area (Å²) < 4.78 is 8.88. The third-order valence-corrected chi connectivity index (χ3v) is 2.69. The second kappa shape index (κ2) is 3.86. The lowest BCUT2D eigenvalue weighted by atomic mass is 10.2. The van der Waals surface area contributed by atoms with E-state index in [9.17, 15) is 0 Å². The van der Waals surface area contributed by atoms with E-state index < -0.39 is 0 Å². The van der Waals surface area contributed by atoms with E-state index in [-0.39, 0.29) is 0 Å². The Hall–Kier alpha value is -2.02. The SMILES string of the molecule is c1nc2ccc(CNc3nnns3)cc2o1. The minimum Gasteiger partial charge on any atom is -0.443 e. The van der Waals surface area contributed by atoms with Gasteiger partial charge in [-0.1, -0.05) is 15.7 Å². The van der Waals surface area contributed by atoms with Crippen LogP contribution in [0.5, 0.6) is 0 Å². The molecule has 0 spiro atoms. The zero-order valence-electron chi connectivity index (χ0n) is 8.12. The number of nitrogens with one attached hydrogen (secondary N) is 1. The van der Waals surface area contributed by atoms with E-state index in [0.717, 1.165) is 16.7 Å². The molecule has 0 radical (unpaired) electrons. The van der Waals surface area contributed by atoms with Crippen LogP contribution < -0.4 is 5.32 Å². The molecule has 0 aliphatic heterocycles. The minimum atomic E-state index is 0.660. The van der Waals surface area contributed by atoms with Crippen LogP contribution in [0.1, 0.15) is 5.56 Å². The number of fused-ring (bicyclic) bond motifs is 1. The highest BCUT2D eigenvalue weighted by Crippen LogP contribution is 2.15. The summed E-state index contributed by atoms with van der Waals surface area (Å²) in [5, 5.41) is 11.1. The molecule has 16 heavy (non-hydrogen) atoms. The van der Waals surface area contributed by atoms with E-state index in [1.165, 1.54) is 17.9 Å². The Balaban J connectivity index is 1.78. The van der Waals surface area contributed by atoms with Gasteiger partial charge in [0.05, 0.1) is 0 Å². The van der Waals surface area contributed by atoms with Crippen LogP contribution in [0.3, 0.4) is 0 Å². The van der Waals surface area contributed by atoms with Gasteiger partial charge in [-0.3, -0.25) is 0 Å². The third kappa shape index (κ3) is 1.72. The average molecular weight is 233 g/mol. The number of oxazole rings is 1. The molecule has 6 nitrogen and oxygen atoms in total. The fraction of sp³-hybridized carbons (Fsp3) is 0.111. The Morgan fingerprint density at radius 2 is 2.38 bits per heavy atom. The number of aromatic nitrogens is 4. The summed E-state index contributed by atoms with van der Waals surface area (Å²) in [7, 11) is 0. The summed E-state index contributed by atoms with van der Waals surface area (Å²) in [5.41, 5.74) is 2.75. The van der Waals surface area contributed by atoms with Crippen molar-refractivity contribution in [1.82, 2.24) is 19.8 Å². The van der Waals surface area contributed by atoms with Crippen molar-refractivity contribution in [3.63, 3.8) is 0 Å². The minimum absolute atomic E-state index is 0.660. The van der Waals surface area contributed by atoms with E-state index in [1.54, 1.807) is 0 Å². The quantitative estimate of drug-likeness (QED) is 0.741. The fourth-order valence-electron chi connectivity index (χ4n) is 1.39. The van der Waals surface area contributed by atoms with Crippen molar-refractivity contribution < 1.29 is 4.42 Å². The average Bonchev–Trinajstić information content (AvgIpc) is 2.97. The molecule has 1 aromatic carbocycles. The van der Waals surface area contributed by atoms with Gasteiger partial charge < -0.3 is 9.73 Å². The van der Waals surface area contributed by atoms with Crippen LogP contribution in [0.15, 0.2) is 29.0 Å². The molecule has 2 aromatic heterocycles. The highest BCUT2D eigenvalue weighted by molar-refractivity contribution is 7.09. The third-order valence-electron chi connectivity index (χ3n) is 2.14. The molecule has 3 rings (SSSR count). The fourth-order valence-corrected chi connectivity index (χ4v) is 1.75. The first-order valence-corrected chi connectivity index (χ1v) is 5.40. The molecule has 0 aliphatic rings. The number of anilines is 1. The standard InChI is InChI=1S/C9H7N5OS/c1-2-7-8(15-5-11-7)3-6(1)4-10-9-12-13-14-16-9/h1-3,5H,4H2,(H,10,12,14). The van der Waals surface area contributed by atoms with E-state index in [1.807, 2.05) is 18.2 Å². The van der Waals surface area contributed by atoms with Crippen LogP contribution in [-0.2, 0) is 6.54 Å². The predicted octanol–water partition coefficient (Wildman–Crippen LogP) is 1.69. The summed E-state index contributed by atoms with van der Waals surface area (Å²) in [4.78, 5) is 4.05. The van der Waals surface area contributed by atoms with Gasteiger partial charge in [-0.2, -0.15) is 0 Å². The van der Waals surface area contributed by atoms with Crippen molar-refractivity contribution >= 4 is 27.8 Å². The van der Waals surface area contributed by atoms with Crippen LogP contribution in [0.2, 0.25) is 0 Å². The van der Waals surface area contributed by atoms with Crippen LogP contribution in [0, 0.1) is 0 Å². The number of nitrogens with zero attached hydrogens (tertiary/aromatic N) is 4. The van der Waals surface area contributed by atoms with E-state index in [0.29, 0.717) is 11.7 Å². The van der Waals surface area contributed by atoms with Crippen LogP contribution >= 0.6 is 11.5 Å². The molecule has 7 heteroatoms. The van der Waals surface area contributed by atoms with Gasteiger partial charge in [0.1, 0.15) is 5.52 Å². The van der Waals surface area contributed by atoms with Gasteiger partial charge in [0.15, 0.2) is 12.0 Å². The van der Waals surface area contributed by atoms with Crippen molar-refractivity contribution in [2.75, 3.05) is 5.32 Å². The molecule has 1 N–H and O–H groups in total. The largest absolute Gasteiger partial charge is 0.443 e. The Kier molecular flexibility index (Phi) is 2.22. The molecule has 80 valence electrons. The van der Waals surface area contributed by atoms with E-state index in [2.05, 4.69) is 25.1 Å². The maximum Gasteiger partial charge on any atom is 0.225 e. The topological polar surface area (TPSA) is 76.7 Å². The van der Waals surface area contributed by atoms with Gasteiger partial charge in [-0.25, -0.2) is 4.98 Å². The first kappa shape index (κ1) is 9.22. The van der Waals surface area contributed by atoms with E-state index in [4.69, 9.17) is 4.42 Å². The molecule has 0 saturated heterocycles. The Morgan fingerprint density at radius 3 is 3.25 bits per heavy atom. The zero-order chi connectivity index (χ0) is 10.8. The summed E-state index contributed by atoms with van der Waals surface area (Å²) in [6.45, 7) is 0.660. The highest BCUT2D eigenvalue weighted by Gasteiger charge is 2.01. The van der Waals surface area contributed by atoms with Crippen molar-refractivity contribution in [1.29, 1.82) is 0 Å². The molecular weight excluding hydrogens is 226 g/mol. The number of rotatable bonds is 3. The lowest BCUT2D eigenvalue weighted by Crippen LogP contribution is -1.98. The maximum absolute atomic E-state index is 5.22. The molecule has 0 bridgehead atoms. The molecule has 0 aliphatic carbocycles. The van der Waals surface area contributed by atoms with Gasteiger partial charge in [0.2, 0.25) is 5.13 Å². The zero-order valence-corrected chi connectivity index (χ0v) is 8.94. The van der Waals surface area contributed by atoms with Crippen molar-refractivity contribution in [2.24, 2.45) is 0 Å². The second-order valence-electron chi connectivity index (χ2n) is 3.18. The van der Waals surface area contributed by atoms with Crippen molar-refractivity contribution in [3.05, 3.63) is 30.2 Å². The summed E-state index contributed by atoms with van der Waals surface area (Å²) in [6.07, 6.45) is 1.44. The van der Waals surface area contributed by atoms with Crippen molar-refractivity contribution in [3.8, 4) is 0 Å². The number of hydrogen-bond donors (Lipinski definition) is 1. The molecule has 0 amide bonds. The Morgan fingerprint density at radius 1 is 1.38 bits per heavy atom. The molecular formula is C9H7N5OS. The molecule has 3 aromatic rings.